The first-order valence-electron chi connectivity index (χ1n) is 14.4. The maximum absolute atomic E-state index is 14.3. The number of aromatic nitrogens is 5. The summed E-state index contributed by atoms with van der Waals surface area (Å²) in [4.78, 5) is 15.2. The summed E-state index contributed by atoms with van der Waals surface area (Å²) < 4.78 is 86.9. The number of hydrogen-bond acceptors (Lipinski definition) is 4. The molecular weight excluding hydrogens is 574 g/mol. The minimum absolute atomic E-state index is 0.00681. The molecule has 0 bridgehead atoms. The molecule has 13 heteroatoms. The molecule has 4 heterocycles. The van der Waals surface area contributed by atoms with Crippen molar-refractivity contribution in [1.29, 1.82) is 0 Å². The molecule has 7 rings (SSSR count). The number of benzene rings is 1. The molecule has 3 aliphatic rings. The van der Waals surface area contributed by atoms with E-state index >= 15 is 0 Å². The van der Waals surface area contributed by atoms with Crippen LogP contribution in [0.5, 0.6) is 0 Å². The maximum atomic E-state index is 14.3. The highest BCUT2D eigenvalue weighted by atomic mass is 19.4. The molecule has 3 fully saturated rings. The Balaban J connectivity index is 1.28. The standard InChI is InChI=1S/C30H30F6N6O/c1-39-18-37-38-25(39)28(16-27(17-28)7-8-27)20-4-2-6-22(11-20)41-15-24-23(30(34,35)36)10-19(13-42(24)26(41)43)12-40-9-3-5-21(14-40)29(31,32)33/h2,4,6,10-11,13,15,18,21H,3,5,7-9,12,14,16-17H2,1H3. The lowest BCUT2D eigenvalue weighted by molar-refractivity contribution is -0.187. The van der Waals surface area contributed by atoms with Crippen LogP contribution in [0.15, 0.2) is 53.8 Å². The van der Waals surface area contributed by atoms with Gasteiger partial charge in [-0.05, 0) is 79.8 Å². The van der Waals surface area contributed by atoms with Crippen LogP contribution in [0.3, 0.4) is 0 Å². The van der Waals surface area contributed by atoms with Gasteiger partial charge in [-0.3, -0.25) is 13.9 Å². The molecule has 7 nitrogen and oxygen atoms in total. The van der Waals surface area contributed by atoms with E-state index in [-0.39, 0.29) is 36.0 Å². The number of aryl methyl sites for hydroxylation is 1. The van der Waals surface area contributed by atoms with Crippen molar-refractivity contribution in [2.75, 3.05) is 13.1 Å². The second kappa shape index (κ2) is 9.44. The Bertz CT molecular complexity index is 1750. The number of hydrogen-bond donors (Lipinski definition) is 0. The average Bonchev–Trinajstić information content (AvgIpc) is 3.50. The molecule has 1 aliphatic heterocycles. The predicted molar refractivity (Wildman–Crippen MR) is 145 cm³/mol. The summed E-state index contributed by atoms with van der Waals surface area (Å²) in [5.41, 5.74) is -0.671. The minimum Gasteiger partial charge on any atom is -0.320 e. The van der Waals surface area contributed by atoms with Gasteiger partial charge >= 0.3 is 18.0 Å². The van der Waals surface area contributed by atoms with Crippen LogP contribution in [0.2, 0.25) is 0 Å². The van der Waals surface area contributed by atoms with Crippen molar-refractivity contribution < 1.29 is 26.3 Å². The Kier molecular flexibility index (Phi) is 6.19. The highest BCUT2D eigenvalue weighted by Gasteiger charge is 2.63. The Morgan fingerprint density at radius 3 is 2.47 bits per heavy atom. The summed E-state index contributed by atoms with van der Waals surface area (Å²) in [6.07, 6.45) is -0.652. The van der Waals surface area contributed by atoms with Gasteiger partial charge in [0.1, 0.15) is 12.2 Å². The van der Waals surface area contributed by atoms with Crippen LogP contribution in [0.25, 0.3) is 11.2 Å². The van der Waals surface area contributed by atoms with E-state index in [0.717, 1.165) is 47.5 Å². The van der Waals surface area contributed by atoms with Crippen molar-refractivity contribution >= 4 is 5.52 Å². The Morgan fingerprint density at radius 1 is 1.05 bits per heavy atom. The van der Waals surface area contributed by atoms with E-state index in [0.29, 0.717) is 18.7 Å². The lowest BCUT2D eigenvalue weighted by Gasteiger charge is -2.48. The number of likely N-dealkylation sites (tertiary alicyclic amines) is 1. The van der Waals surface area contributed by atoms with E-state index in [4.69, 9.17) is 0 Å². The minimum atomic E-state index is -4.78. The smallest absolute Gasteiger partial charge is 0.320 e. The Hall–Kier alpha value is -3.61. The van der Waals surface area contributed by atoms with Crippen molar-refractivity contribution in [1.82, 2.24) is 28.6 Å². The quantitative estimate of drug-likeness (QED) is 0.268. The Morgan fingerprint density at radius 2 is 1.81 bits per heavy atom. The molecule has 1 aromatic carbocycles. The predicted octanol–water partition coefficient (Wildman–Crippen LogP) is 5.87. The normalized spacial score (nSPS) is 21.8. The first-order valence-corrected chi connectivity index (χ1v) is 14.4. The third-order valence-electron chi connectivity index (χ3n) is 9.63. The number of fused-ring (bicyclic) bond motifs is 1. The fourth-order valence-electron chi connectivity index (χ4n) is 7.39. The van der Waals surface area contributed by atoms with Crippen LogP contribution in [-0.2, 0) is 25.2 Å². The van der Waals surface area contributed by atoms with Crippen LogP contribution in [-0.4, -0.2) is 47.9 Å². The summed E-state index contributed by atoms with van der Waals surface area (Å²) >= 11 is 0. The lowest BCUT2D eigenvalue weighted by Crippen LogP contribution is -2.45. The van der Waals surface area contributed by atoms with Crippen molar-refractivity contribution in [2.24, 2.45) is 18.4 Å². The van der Waals surface area contributed by atoms with E-state index in [9.17, 15) is 31.1 Å². The maximum Gasteiger partial charge on any atom is 0.418 e. The molecule has 43 heavy (non-hydrogen) atoms. The van der Waals surface area contributed by atoms with Crippen LogP contribution in [0.4, 0.5) is 26.3 Å². The van der Waals surface area contributed by atoms with Crippen LogP contribution < -0.4 is 5.69 Å². The van der Waals surface area contributed by atoms with E-state index in [1.807, 2.05) is 23.7 Å². The number of alkyl halides is 6. The monoisotopic (exact) mass is 604 g/mol. The molecule has 1 saturated heterocycles. The highest BCUT2D eigenvalue weighted by Crippen LogP contribution is 2.70. The molecule has 2 saturated carbocycles. The number of imidazole rings is 1. The molecule has 2 aliphatic carbocycles. The topological polar surface area (TPSA) is 60.4 Å². The first kappa shape index (κ1) is 28.2. The SMILES string of the molecule is Cn1cnnc1C1(c2cccc(-n3cc4c(C(F)(F)F)cc(CN5CCCC(C(F)(F)F)C5)cn4c3=O)c2)CC2(CC2)C1. The zero-order valence-corrected chi connectivity index (χ0v) is 23.4. The number of rotatable bonds is 5. The van der Waals surface area contributed by atoms with Crippen molar-refractivity contribution in [2.45, 2.75) is 62.8 Å². The summed E-state index contributed by atoms with van der Waals surface area (Å²) in [6, 6.07) is 8.21. The average molecular weight is 605 g/mol. The van der Waals surface area contributed by atoms with Gasteiger partial charge in [0, 0.05) is 32.5 Å². The zero-order chi connectivity index (χ0) is 30.4. The fourth-order valence-corrected chi connectivity index (χ4v) is 7.39. The second-order valence-corrected chi connectivity index (χ2v) is 12.7. The van der Waals surface area contributed by atoms with Gasteiger partial charge in [-0.2, -0.15) is 26.3 Å². The van der Waals surface area contributed by atoms with Crippen molar-refractivity contribution in [3.05, 3.63) is 82.1 Å². The van der Waals surface area contributed by atoms with Gasteiger partial charge in [-0.1, -0.05) is 12.1 Å². The van der Waals surface area contributed by atoms with E-state index in [2.05, 4.69) is 10.2 Å². The molecule has 4 aromatic rings. The number of nitrogens with zero attached hydrogens (tertiary/aromatic N) is 6. The third-order valence-corrected chi connectivity index (χ3v) is 9.63. The third kappa shape index (κ3) is 4.76. The van der Waals surface area contributed by atoms with Crippen molar-refractivity contribution in [3.8, 4) is 5.69 Å². The summed E-state index contributed by atoms with van der Waals surface area (Å²) in [5, 5.41) is 8.47. The van der Waals surface area contributed by atoms with Gasteiger partial charge < -0.3 is 4.57 Å². The van der Waals surface area contributed by atoms with E-state index in [1.54, 1.807) is 18.5 Å². The molecule has 1 atom stereocenters. The number of halogens is 6. The second-order valence-electron chi connectivity index (χ2n) is 12.7. The van der Waals surface area contributed by atoms with Crippen molar-refractivity contribution in [3.63, 3.8) is 0 Å². The molecular formula is C30H30F6N6O. The first-order chi connectivity index (χ1) is 20.3. The molecule has 0 N–H and O–H groups in total. The van der Waals surface area contributed by atoms with Crippen LogP contribution in [0, 0.1) is 11.3 Å². The van der Waals surface area contributed by atoms with Crippen LogP contribution >= 0.6 is 0 Å². The molecule has 228 valence electrons. The molecule has 0 radical (unpaired) electrons. The summed E-state index contributed by atoms with van der Waals surface area (Å²) in [7, 11) is 1.88. The fraction of sp³-hybridized carbons (Fsp3) is 0.500. The van der Waals surface area contributed by atoms with Gasteiger partial charge in [0.2, 0.25) is 0 Å². The highest BCUT2D eigenvalue weighted by molar-refractivity contribution is 5.58. The number of pyridine rings is 1. The largest absolute Gasteiger partial charge is 0.418 e. The lowest BCUT2D eigenvalue weighted by atomic mass is 9.56. The number of piperidine rings is 1. The summed E-state index contributed by atoms with van der Waals surface area (Å²) in [5.74, 6) is -0.718. The molecule has 1 unspecified atom stereocenters. The summed E-state index contributed by atoms with van der Waals surface area (Å²) in [6.45, 7) is -0.0793. The van der Waals surface area contributed by atoms with E-state index in [1.165, 1.54) is 21.9 Å². The van der Waals surface area contributed by atoms with E-state index < -0.39 is 34.9 Å². The molecule has 3 aromatic heterocycles. The molecule has 1 spiro atoms. The Labute approximate surface area is 242 Å². The zero-order valence-electron chi connectivity index (χ0n) is 23.4. The van der Waals surface area contributed by atoms with Crippen LogP contribution in [0.1, 0.15) is 61.0 Å². The van der Waals surface area contributed by atoms with Gasteiger partial charge in [0.05, 0.1) is 28.1 Å². The van der Waals surface area contributed by atoms with Gasteiger partial charge in [-0.15, -0.1) is 10.2 Å². The van der Waals surface area contributed by atoms with Gasteiger partial charge in [0.25, 0.3) is 0 Å². The molecule has 0 amide bonds. The van der Waals surface area contributed by atoms with Gasteiger partial charge in [-0.25, -0.2) is 4.79 Å². The van der Waals surface area contributed by atoms with Gasteiger partial charge in [0.15, 0.2) is 0 Å².